The zero-order valence-electron chi connectivity index (χ0n) is 16.6. The largest absolute Gasteiger partial charge is 0.493 e. The minimum atomic E-state index is -0.473. The van der Waals surface area contributed by atoms with Gasteiger partial charge in [0.2, 0.25) is 0 Å². The average Bonchev–Trinajstić information content (AvgIpc) is 2.78. The number of ether oxygens (including phenoxy) is 2. The topological polar surface area (TPSA) is 85.4 Å². The van der Waals surface area contributed by atoms with E-state index in [0.717, 1.165) is 11.1 Å². The summed E-state index contributed by atoms with van der Waals surface area (Å²) in [5.74, 6) is 1.15. The van der Waals surface area contributed by atoms with Gasteiger partial charge in [-0.1, -0.05) is 36.4 Å². The summed E-state index contributed by atoms with van der Waals surface area (Å²) in [6, 6.07) is 23.3. The summed E-state index contributed by atoms with van der Waals surface area (Å²) in [6.07, 6.45) is 1.55. The Hall–Kier alpha value is -4.11. The Labute approximate surface area is 174 Å². The van der Waals surface area contributed by atoms with Crippen LogP contribution in [0.15, 0.2) is 72.8 Å². The molecular formula is C24H20N2O4. The first-order chi connectivity index (χ1) is 14.5. The quantitative estimate of drug-likeness (QED) is 0.216. The number of hydrogen-bond acceptors (Lipinski definition) is 5. The number of benzene rings is 3. The smallest absolute Gasteiger partial charge is 0.269 e. The standard InChI is InChI=1S/C24H20N2O4/c1-17(19-6-4-3-5-7-19)30-23-13-8-18(15-24(23)29-2)14-21(16-25)20-9-11-22(12-10-20)26(27)28/h3-15,17H,1-2H3/b21-14+. The van der Waals surface area contributed by atoms with Gasteiger partial charge in [0.1, 0.15) is 6.10 Å². The summed E-state index contributed by atoms with van der Waals surface area (Å²) in [6.45, 7) is 1.96. The van der Waals surface area contributed by atoms with E-state index in [1.54, 1.807) is 37.5 Å². The first-order valence-corrected chi connectivity index (χ1v) is 9.28. The molecule has 0 fully saturated rings. The van der Waals surface area contributed by atoms with E-state index in [9.17, 15) is 15.4 Å². The lowest BCUT2D eigenvalue weighted by Gasteiger charge is -2.17. The van der Waals surface area contributed by atoms with Crippen molar-refractivity contribution in [1.82, 2.24) is 0 Å². The van der Waals surface area contributed by atoms with Crippen molar-refractivity contribution < 1.29 is 14.4 Å². The van der Waals surface area contributed by atoms with Gasteiger partial charge in [0.25, 0.3) is 5.69 Å². The van der Waals surface area contributed by atoms with Gasteiger partial charge in [0.15, 0.2) is 11.5 Å². The summed E-state index contributed by atoms with van der Waals surface area (Å²) in [5.41, 5.74) is 2.76. The second-order valence-corrected chi connectivity index (χ2v) is 6.55. The van der Waals surface area contributed by atoms with Gasteiger partial charge in [-0.3, -0.25) is 10.1 Å². The van der Waals surface area contributed by atoms with Crippen LogP contribution in [0.4, 0.5) is 5.69 Å². The normalized spacial score (nSPS) is 12.0. The second kappa shape index (κ2) is 9.39. The Morgan fingerprint density at radius 2 is 1.77 bits per heavy atom. The number of allylic oxidation sites excluding steroid dienone is 1. The van der Waals surface area contributed by atoms with Crippen LogP contribution in [-0.2, 0) is 0 Å². The molecule has 0 amide bonds. The molecule has 3 aromatic rings. The van der Waals surface area contributed by atoms with E-state index >= 15 is 0 Å². The lowest BCUT2D eigenvalue weighted by atomic mass is 10.0. The van der Waals surface area contributed by atoms with E-state index in [1.165, 1.54) is 12.1 Å². The lowest BCUT2D eigenvalue weighted by molar-refractivity contribution is -0.384. The van der Waals surface area contributed by atoms with Crippen LogP contribution in [0.3, 0.4) is 0 Å². The lowest BCUT2D eigenvalue weighted by Crippen LogP contribution is -2.04. The Bertz CT molecular complexity index is 1100. The highest BCUT2D eigenvalue weighted by Crippen LogP contribution is 2.33. The predicted molar refractivity (Wildman–Crippen MR) is 115 cm³/mol. The summed E-state index contributed by atoms with van der Waals surface area (Å²) in [7, 11) is 1.56. The molecule has 3 aromatic carbocycles. The molecule has 0 N–H and O–H groups in total. The van der Waals surface area contributed by atoms with Crippen LogP contribution in [0, 0.1) is 21.4 Å². The summed E-state index contributed by atoms with van der Waals surface area (Å²) < 4.78 is 11.5. The van der Waals surface area contributed by atoms with Gasteiger partial charge in [-0.25, -0.2) is 0 Å². The van der Waals surface area contributed by atoms with E-state index in [0.29, 0.717) is 22.6 Å². The molecule has 6 heteroatoms. The van der Waals surface area contributed by atoms with Crippen molar-refractivity contribution in [3.05, 3.63) is 99.6 Å². The number of nitriles is 1. The van der Waals surface area contributed by atoms with Crippen molar-refractivity contribution in [2.24, 2.45) is 0 Å². The molecule has 3 rings (SSSR count). The van der Waals surface area contributed by atoms with E-state index in [-0.39, 0.29) is 11.8 Å². The fourth-order valence-corrected chi connectivity index (χ4v) is 2.96. The molecule has 30 heavy (non-hydrogen) atoms. The van der Waals surface area contributed by atoms with Crippen LogP contribution in [-0.4, -0.2) is 12.0 Å². The molecule has 6 nitrogen and oxygen atoms in total. The maximum atomic E-state index is 10.8. The van der Waals surface area contributed by atoms with Crippen molar-refractivity contribution in [1.29, 1.82) is 5.26 Å². The zero-order chi connectivity index (χ0) is 21.5. The molecule has 0 spiro atoms. The zero-order valence-corrected chi connectivity index (χ0v) is 16.6. The molecule has 0 radical (unpaired) electrons. The monoisotopic (exact) mass is 400 g/mol. The van der Waals surface area contributed by atoms with Gasteiger partial charge in [-0.05, 0) is 54.0 Å². The molecule has 0 saturated carbocycles. The van der Waals surface area contributed by atoms with E-state index in [4.69, 9.17) is 9.47 Å². The van der Waals surface area contributed by atoms with Gasteiger partial charge < -0.3 is 9.47 Å². The number of methoxy groups -OCH3 is 1. The Morgan fingerprint density at radius 1 is 1.07 bits per heavy atom. The molecule has 0 aliphatic rings. The van der Waals surface area contributed by atoms with Gasteiger partial charge >= 0.3 is 0 Å². The summed E-state index contributed by atoms with van der Waals surface area (Å²) >= 11 is 0. The first kappa shape index (κ1) is 20.6. The van der Waals surface area contributed by atoms with Gasteiger partial charge in [-0.2, -0.15) is 5.26 Å². The molecule has 0 aliphatic carbocycles. The molecule has 0 aromatic heterocycles. The SMILES string of the molecule is COc1cc(/C=C(\C#N)c2ccc([N+](=O)[O-])cc2)ccc1OC(C)c1ccccc1. The van der Waals surface area contributed by atoms with E-state index in [1.807, 2.05) is 43.3 Å². The van der Waals surface area contributed by atoms with E-state index < -0.39 is 4.92 Å². The summed E-state index contributed by atoms with van der Waals surface area (Å²) in [5, 5.41) is 20.3. The summed E-state index contributed by atoms with van der Waals surface area (Å²) in [4.78, 5) is 10.3. The molecule has 0 aliphatic heterocycles. The van der Waals surface area contributed by atoms with Crippen molar-refractivity contribution in [2.45, 2.75) is 13.0 Å². The molecule has 1 unspecified atom stereocenters. The Morgan fingerprint density at radius 3 is 2.37 bits per heavy atom. The number of rotatable bonds is 7. The third kappa shape index (κ3) is 4.83. The highest BCUT2D eigenvalue weighted by Gasteiger charge is 2.12. The van der Waals surface area contributed by atoms with Gasteiger partial charge in [0, 0.05) is 12.1 Å². The molecular weight excluding hydrogens is 380 g/mol. The number of non-ortho nitro benzene ring substituents is 1. The maximum Gasteiger partial charge on any atom is 0.269 e. The number of nitrogens with zero attached hydrogens (tertiary/aromatic N) is 2. The van der Waals surface area contributed by atoms with Crippen molar-refractivity contribution >= 4 is 17.3 Å². The van der Waals surface area contributed by atoms with Crippen LogP contribution in [0.25, 0.3) is 11.6 Å². The average molecular weight is 400 g/mol. The number of hydrogen-bond donors (Lipinski definition) is 0. The number of nitro benzene ring substituents is 1. The fraction of sp³-hybridized carbons (Fsp3) is 0.125. The molecule has 1 atom stereocenters. The molecule has 0 bridgehead atoms. The molecule has 150 valence electrons. The van der Waals surface area contributed by atoms with Crippen molar-refractivity contribution in [2.75, 3.05) is 7.11 Å². The second-order valence-electron chi connectivity index (χ2n) is 6.55. The van der Waals surface area contributed by atoms with Gasteiger partial charge in [-0.15, -0.1) is 0 Å². The third-order valence-corrected chi connectivity index (χ3v) is 4.58. The van der Waals surface area contributed by atoms with E-state index in [2.05, 4.69) is 6.07 Å². The van der Waals surface area contributed by atoms with Crippen LogP contribution in [0.1, 0.15) is 29.7 Å². The van der Waals surface area contributed by atoms with Gasteiger partial charge in [0.05, 0.1) is 23.7 Å². The minimum Gasteiger partial charge on any atom is -0.493 e. The first-order valence-electron chi connectivity index (χ1n) is 9.28. The predicted octanol–water partition coefficient (Wildman–Crippen LogP) is 5.81. The highest BCUT2D eigenvalue weighted by molar-refractivity contribution is 5.90. The van der Waals surface area contributed by atoms with Crippen molar-refractivity contribution in [3.8, 4) is 17.6 Å². The Kier molecular flexibility index (Phi) is 6.46. The fourth-order valence-electron chi connectivity index (χ4n) is 2.96. The van der Waals surface area contributed by atoms with Crippen molar-refractivity contribution in [3.63, 3.8) is 0 Å². The number of nitro groups is 1. The van der Waals surface area contributed by atoms with Crippen LogP contribution >= 0.6 is 0 Å². The molecule has 0 saturated heterocycles. The third-order valence-electron chi connectivity index (χ3n) is 4.58. The minimum absolute atomic E-state index is 0.0215. The highest BCUT2D eigenvalue weighted by atomic mass is 16.6. The maximum absolute atomic E-state index is 10.8. The van der Waals surface area contributed by atoms with Crippen LogP contribution in [0.2, 0.25) is 0 Å². The Balaban J connectivity index is 1.85. The van der Waals surface area contributed by atoms with Crippen LogP contribution < -0.4 is 9.47 Å². The van der Waals surface area contributed by atoms with Crippen LogP contribution in [0.5, 0.6) is 11.5 Å². The molecule has 0 heterocycles.